The van der Waals surface area contributed by atoms with E-state index >= 15 is 0 Å². The van der Waals surface area contributed by atoms with Crippen LogP contribution in [-0.2, 0) is 10.2 Å². The number of rotatable bonds is 6. The van der Waals surface area contributed by atoms with Crippen molar-refractivity contribution in [1.29, 1.82) is 0 Å². The molecule has 1 N–H and O–H groups in total. The monoisotopic (exact) mass is 275 g/mol. The summed E-state index contributed by atoms with van der Waals surface area (Å²) in [6, 6.07) is 7.74. The Morgan fingerprint density at radius 1 is 1.25 bits per heavy atom. The number of carbonyl (C=O) groups excluding carboxylic acids is 1. The molecule has 0 radical (unpaired) electrons. The minimum Gasteiger partial charge on any atom is -0.375 e. The van der Waals surface area contributed by atoms with Crippen LogP contribution in [0.2, 0.25) is 0 Å². The van der Waals surface area contributed by atoms with Crippen LogP contribution < -0.4 is 5.32 Å². The molecule has 20 heavy (non-hydrogen) atoms. The van der Waals surface area contributed by atoms with E-state index in [1.807, 2.05) is 31.2 Å². The van der Waals surface area contributed by atoms with E-state index in [4.69, 9.17) is 4.74 Å². The quantitative estimate of drug-likeness (QED) is 0.639. The van der Waals surface area contributed by atoms with Crippen molar-refractivity contribution in [1.82, 2.24) is 5.32 Å². The van der Waals surface area contributed by atoms with Crippen molar-refractivity contribution in [2.45, 2.75) is 33.1 Å². The normalized spacial score (nSPS) is 11.2. The summed E-state index contributed by atoms with van der Waals surface area (Å²) < 4.78 is 5.33. The van der Waals surface area contributed by atoms with Crippen LogP contribution in [0.4, 0.5) is 0 Å². The summed E-state index contributed by atoms with van der Waals surface area (Å²) >= 11 is 0. The van der Waals surface area contributed by atoms with Crippen molar-refractivity contribution in [3.63, 3.8) is 0 Å². The van der Waals surface area contributed by atoms with Crippen molar-refractivity contribution in [2.75, 3.05) is 19.8 Å². The maximum Gasteiger partial charge on any atom is 0.251 e. The number of benzene rings is 1. The summed E-state index contributed by atoms with van der Waals surface area (Å²) in [4.78, 5) is 11.9. The number of ether oxygens (including phenoxy) is 1. The van der Waals surface area contributed by atoms with Crippen LogP contribution >= 0.6 is 0 Å². The van der Waals surface area contributed by atoms with Crippen LogP contribution in [0.5, 0.6) is 0 Å². The first kappa shape index (κ1) is 16.4. The third-order valence-corrected chi connectivity index (χ3v) is 2.89. The van der Waals surface area contributed by atoms with Gasteiger partial charge in [0.25, 0.3) is 5.91 Å². The van der Waals surface area contributed by atoms with E-state index < -0.39 is 0 Å². The van der Waals surface area contributed by atoms with Crippen molar-refractivity contribution in [3.05, 3.63) is 47.5 Å². The average molecular weight is 275 g/mol. The predicted molar refractivity (Wildman–Crippen MR) is 83.1 cm³/mol. The van der Waals surface area contributed by atoms with Gasteiger partial charge in [-0.1, -0.05) is 45.1 Å². The molecule has 1 aromatic carbocycles. The fourth-order valence-corrected chi connectivity index (χ4v) is 1.71. The molecular formula is C17H25NO2. The summed E-state index contributed by atoms with van der Waals surface area (Å²) in [5.74, 6) is -0.0654. The molecule has 110 valence electrons. The molecule has 3 nitrogen and oxygen atoms in total. The first-order valence-corrected chi connectivity index (χ1v) is 6.91. The fraction of sp³-hybridized carbons (Fsp3) is 0.471. The third kappa shape index (κ3) is 5.57. The first-order valence-electron chi connectivity index (χ1n) is 6.91. The second kappa shape index (κ2) is 7.25. The molecule has 1 rings (SSSR count). The van der Waals surface area contributed by atoms with Gasteiger partial charge in [-0.2, -0.15) is 0 Å². The predicted octanol–water partition coefficient (Wildman–Crippen LogP) is 3.31. The fourth-order valence-electron chi connectivity index (χ4n) is 1.71. The molecule has 0 saturated heterocycles. The van der Waals surface area contributed by atoms with Crippen molar-refractivity contribution in [2.24, 2.45) is 0 Å². The lowest BCUT2D eigenvalue weighted by atomic mass is 9.87. The number of carbonyl (C=O) groups is 1. The molecule has 3 heteroatoms. The van der Waals surface area contributed by atoms with E-state index in [0.29, 0.717) is 25.3 Å². The molecule has 0 saturated carbocycles. The van der Waals surface area contributed by atoms with Gasteiger partial charge in [0.05, 0.1) is 13.2 Å². The standard InChI is InChI=1S/C17H25NO2/c1-13(2)12-20-11-10-18-16(19)14-6-8-15(9-7-14)17(3,4)5/h6-9H,1,10-12H2,2-5H3,(H,18,19). The Bertz CT molecular complexity index is 455. The zero-order valence-electron chi connectivity index (χ0n) is 13.0. The van der Waals surface area contributed by atoms with Gasteiger partial charge < -0.3 is 10.1 Å². The molecule has 1 aromatic rings. The van der Waals surface area contributed by atoms with Gasteiger partial charge in [-0.25, -0.2) is 0 Å². The molecule has 0 fully saturated rings. The molecule has 0 aliphatic rings. The smallest absolute Gasteiger partial charge is 0.251 e. The van der Waals surface area contributed by atoms with Gasteiger partial charge >= 0.3 is 0 Å². The van der Waals surface area contributed by atoms with Crippen LogP contribution in [0.25, 0.3) is 0 Å². The average Bonchev–Trinajstić information content (AvgIpc) is 2.37. The Morgan fingerprint density at radius 3 is 2.35 bits per heavy atom. The van der Waals surface area contributed by atoms with Crippen LogP contribution in [0.3, 0.4) is 0 Å². The van der Waals surface area contributed by atoms with Crippen LogP contribution in [0.15, 0.2) is 36.4 Å². The van der Waals surface area contributed by atoms with Gasteiger partial charge in [0, 0.05) is 12.1 Å². The Balaban J connectivity index is 2.42. The highest BCUT2D eigenvalue weighted by Gasteiger charge is 2.14. The molecule has 0 unspecified atom stereocenters. The van der Waals surface area contributed by atoms with Gasteiger partial charge in [-0.05, 0) is 30.0 Å². The second-order valence-electron chi connectivity index (χ2n) is 6.09. The van der Waals surface area contributed by atoms with E-state index in [9.17, 15) is 4.79 Å². The zero-order chi connectivity index (χ0) is 15.2. The van der Waals surface area contributed by atoms with Gasteiger partial charge in [0.1, 0.15) is 0 Å². The summed E-state index contributed by atoms with van der Waals surface area (Å²) in [6.45, 7) is 13.7. The minimum absolute atomic E-state index is 0.0654. The van der Waals surface area contributed by atoms with E-state index in [-0.39, 0.29) is 11.3 Å². The molecular weight excluding hydrogens is 250 g/mol. The van der Waals surface area contributed by atoms with Gasteiger partial charge in [-0.15, -0.1) is 0 Å². The van der Waals surface area contributed by atoms with Crippen molar-refractivity contribution >= 4 is 5.91 Å². The zero-order valence-corrected chi connectivity index (χ0v) is 13.0. The highest BCUT2D eigenvalue weighted by atomic mass is 16.5. The van der Waals surface area contributed by atoms with Crippen LogP contribution in [0, 0.1) is 0 Å². The van der Waals surface area contributed by atoms with Gasteiger partial charge in [0.15, 0.2) is 0 Å². The molecule has 0 atom stereocenters. The highest BCUT2D eigenvalue weighted by Crippen LogP contribution is 2.22. The summed E-state index contributed by atoms with van der Waals surface area (Å²) in [6.07, 6.45) is 0. The maximum absolute atomic E-state index is 11.9. The Labute approximate surface area is 122 Å². The lowest BCUT2D eigenvalue weighted by molar-refractivity contribution is 0.0926. The number of hydrogen-bond acceptors (Lipinski definition) is 2. The molecule has 0 aliphatic carbocycles. The van der Waals surface area contributed by atoms with Gasteiger partial charge in [-0.3, -0.25) is 4.79 Å². The van der Waals surface area contributed by atoms with Crippen LogP contribution in [0.1, 0.15) is 43.6 Å². The summed E-state index contributed by atoms with van der Waals surface area (Å²) in [7, 11) is 0. The van der Waals surface area contributed by atoms with Crippen molar-refractivity contribution in [3.8, 4) is 0 Å². The summed E-state index contributed by atoms with van der Waals surface area (Å²) in [5.41, 5.74) is 2.98. The molecule has 0 aliphatic heterocycles. The molecule has 1 amide bonds. The van der Waals surface area contributed by atoms with E-state index in [0.717, 1.165) is 5.57 Å². The van der Waals surface area contributed by atoms with E-state index in [1.165, 1.54) is 5.56 Å². The topological polar surface area (TPSA) is 38.3 Å². The maximum atomic E-state index is 11.9. The lowest BCUT2D eigenvalue weighted by Crippen LogP contribution is -2.27. The number of hydrogen-bond donors (Lipinski definition) is 1. The Kier molecular flexibility index (Phi) is 5.96. The molecule has 0 bridgehead atoms. The third-order valence-electron chi connectivity index (χ3n) is 2.89. The molecule has 0 spiro atoms. The first-order chi connectivity index (χ1) is 9.30. The van der Waals surface area contributed by atoms with E-state index in [1.54, 1.807) is 0 Å². The SMILES string of the molecule is C=C(C)COCCNC(=O)c1ccc(C(C)(C)C)cc1. The molecule has 0 aromatic heterocycles. The Morgan fingerprint density at radius 2 is 1.85 bits per heavy atom. The summed E-state index contributed by atoms with van der Waals surface area (Å²) in [5, 5.41) is 2.84. The van der Waals surface area contributed by atoms with Crippen molar-refractivity contribution < 1.29 is 9.53 Å². The highest BCUT2D eigenvalue weighted by molar-refractivity contribution is 5.94. The second-order valence-corrected chi connectivity index (χ2v) is 6.09. The largest absolute Gasteiger partial charge is 0.375 e. The number of amides is 1. The molecule has 0 heterocycles. The Hall–Kier alpha value is -1.61. The number of nitrogens with one attached hydrogen (secondary N) is 1. The minimum atomic E-state index is -0.0654. The van der Waals surface area contributed by atoms with Gasteiger partial charge in [0.2, 0.25) is 0 Å². The lowest BCUT2D eigenvalue weighted by Gasteiger charge is -2.19. The van der Waals surface area contributed by atoms with Crippen LogP contribution in [-0.4, -0.2) is 25.7 Å². The van der Waals surface area contributed by atoms with E-state index in [2.05, 4.69) is 32.7 Å².